The van der Waals surface area contributed by atoms with Crippen LogP contribution in [0.3, 0.4) is 0 Å². The Bertz CT molecular complexity index is 845. The van der Waals surface area contributed by atoms with Gasteiger partial charge in [0, 0.05) is 49.8 Å². The lowest BCUT2D eigenvalue weighted by Gasteiger charge is -2.33. The standard InChI is InChI=1S/C21H25N3O5/c25-19-9-14(11-24(19)16-3-4-17-18(10-16)29-12-28-17)20(26)22-15-5-7-23(8-6-15)21(27)13-1-2-13/h3-4,10,13-15H,1-2,5-9,11-12H2,(H,22,26). The Labute approximate surface area is 169 Å². The van der Waals surface area contributed by atoms with Crippen molar-refractivity contribution in [1.29, 1.82) is 0 Å². The number of carbonyl (C=O) groups excluding carboxylic acids is 3. The Hall–Kier alpha value is -2.77. The van der Waals surface area contributed by atoms with Gasteiger partial charge in [-0.2, -0.15) is 0 Å². The predicted octanol–water partition coefficient (Wildman–Crippen LogP) is 1.29. The number of piperidine rings is 1. The number of ether oxygens (including phenoxy) is 2. The number of likely N-dealkylation sites (tertiary alicyclic amines) is 1. The highest BCUT2D eigenvalue weighted by Gasteiger charge is 2.38. The van der Waals surface area contributed by atoms with Crippen LogP contribution in [0.2, 0.25) is 0 Å². The van der Waals surface area contributed by atoms with Crippen molar-refractivity contribution in [3.8, 4) is 11.5 Å². The molecule has 1 aromatic carbocycles. The van der Waals surface area contributed by atoms with Crippen molar-refractivity contribution in [2.45, 2.75) is 38.1 Å². The van der Waals surface area contributed by atoms with Crippen LogP contribution in [-0.2, 0) is 14.4 Å². The van der Waals surface area contributed by atoms with Gasteiger partial charge in [-0.25, -0.2) is 0 Å². The number of hydrogen-bond donors (Lipinski definition) is 1. The maximum absolute atomic E-state index is 12.7. The van der Waals surface area contributed by atoms with E-state index in [1.165, 1.54) is 0 Å². The molecule has 154 valence electrons. The Morgan fingerprint density at radius 3 is 2.52 bits per heavy atom. The van der Waals surface area contributed by atoms with Crippen LogP contribution in [0.4, 0.5) is 5.69 Å². The van der Waals surface area contributed by atoms with Crippen LogP contribution >= 0.6 is 0 Å². The average molecular weight is 399 g/mol. The van der Waals surface area contributed by atoms with E-state index in [1.54, 1.807) is 17.0 Å². The smallest absolute Gasteiger partial charge is 0.231 e. The topological polar surface area (TPSA) is 88.2 Å². The first kappa shape index (κ1) is 18.3. The average Bonchev–Trinajstić information content (AvgIpc) is 3.35. The molecule has 0 aromatic heterocycles. The fraction of sp³-hybridized carbons (Fsp3) is 0.571. The van der Waals surface area contributed by atoms with Gasteiger partial charge >= 0.3 is 0 Å². The minimum atomic E-state index is -0.362. The molecule has 1 saturated carbocycles. The lowest BCUT2D eigenvalue weighted by molar-refractivity contribution is -0.134. The van der Waals surface area contributed by atoms with E-state index in [-0.39, 0.29) is 48.8 Å². The molecule has 4 aliphatic rings. The van der Waals surface area contributed by atoms with Crippen molar-refractivity contribution < 1.29 is 23.9 Å². The van der Waals surface area contributed by atoms with E-state index in [4.69, 9.17) is 9.47 Å². The van der Waals surface area contributed by atoms with Crippen molar-refractivity contribution >= 4 is 23.4 Å². The van der Waals surface area contributed by atoms with E-state index >= 15 is 0 Å². The minimum absolute atomic E-state index is 0.0612. The monoisotopic (exact) mass is 399 g/mol. The summed E-state index contributed by atoms with van der Waals surface area (Å²) in [5.41, 5.74) is 0.724. The molecule has 1 aliphatic carbocycles. The molecule has 1 N–H and O–H groups in total. The van der Waals surface area contributed by atoms with Crippen LogP contribution < -0.4 is 19.7 Å². The quantitative estimate of drug-likeness (QED) is 0.824. The second-order valence-electron chi connectivity index (χ2n) is 8.33. The molecule has 3 aliphatic heterocycles. The molecule has 1 atom stereocenters. The number of benzene rings is 1. The highest BCUT2D eigenvalue weighted by molar-refractivity contribution is 6.00. The molecule has 0 spiro atoms. The van der Waals surface area contributed by atoms with E-state index in [1.807, 2.05) is 11.0 Å². The fourth-order valence-electron chi connectivity index (χ4n) is 4.34. The number of carbonyl (C=O) groups is 3. The predicted molar refractivity (Wildman–Crippen MR) is 103 cm³/mol. The van der Waals surface area contributed by atoms with Crippen molar-refractivity contribution in [2.75, 3.05) is 31.3 Å². The summed E-state index contributed by atoms with van der Waals surface area (Å²) in [7, 11) is 0. The summed E-state index contributed by atoms with van der Waals surface area (Å²) >= 11 is 0. The molecule has 3 fully saturated rings. The molecule has 0 radical (unpaired) electrons. The third kappa shape index (κ3) is 3.63. The fourth-order valence-corrected chi connectivity index (χ4v) is 4.34. The Kier molecular flexibility index (Phi) is 4.56. The Morgan fingerprint density at radius 1 is 1.00 bits per heavy atom. The Balaban J connectivity index is 1.15. The first-order chi connectivity index (χ1) is 14.1. The molecule has 5 rings (SSSR count). The highest BCUT2D eigenvalue weighted by atomic mass is 16.7. The first-order valence-corrected chi connectivity index (χ1v) is 10.4. The van der Waals surface area contributed by atoms with Gasteiger partial charge in [0.1, 0.15) is 0 Å². The molecule has 0 bridgehead atoms. The van der Waals surface area contributed by atoms with Crippen LogP contribution in [0.1, 0.15) is 32.1 Å². The molecule has 3 amide bonds. The third-order valence-electron chi connectivity index (χ3n) is 6.24. The number of fused-ring (bicyclic) bond motifs is 1. The molecule has 1 unspecified atom stereocenters. The van der Waals surface area contributed by atoms with Gasteiger partial charge in [-0.05, 0) is 37.8 Å². The van der Waals surface area contributed by atoms with Gasteiger partial charge in [-0.3, -0.25) is 14.4 Å². The molecule has 1 aromatic rings. The highest BCUT2D eigenvalue weighted by Crippen LogP contribution is 2.37. The van der Waals surface area contributed by atoms with Crippen molar-refractivity contribution in [2.24, 2.45) is 11.8 Å². The molecule has 8 heteroatoms. The molecular weight excluding hydrogens is 374 g/mol. The first-order valence-electron chi connectivity index (χ1n) is 10.4. The summed E-state index contributed by atoms with van der Waals surface area (Å²) in [5.74, 6) is 1.31. The van der Waals surface area contributed by atoms with E-state index in [9.17, 15) is 14.4 Å². The van der Waals surface area contributed by atoms with Gasteiger partial charge in [-0.15, -0.1) is 0 Å². The SMILES string of the molecule is O=C(NC1CCN(C(=O)C2CC2)CC1)C1CC(=O)N(c2ccc3c(c2)OCO3)C1. The zero-order chi connectivity index (χ0) is 20.0. The number of anilines is 1. The molecule has 2 saturated heterocycles. The number of amides is 3. The lowest BCUT2D eigenvalue weighted by atomic mass is 10.0. The van der Waals surface area contributed by atoms with Gasteiger partial charge in [0.15, 0.2) is 11.5 Å². The van der Waals surface area contributed by atoms with Gasteiger partial charge < -0.3 is 24.6 Å². The van der Waals surface area contributed by atoms with Gasteiger partial charge in [0.25, 0.3) is 0 Å². The van der Waals surface area contributed by atoms with Crippen LogP contribution in [0, 0.1) is 11.8 Å². The van der Waals surface area contributed by atoms with Gasteiger partial charge in [-0.1, -0.05) is 0 Å². The molecular formula is C21H25N3O5. The van der Waals surface area contributed by atoms with E-state index in [2.05, 4.69) is 5.32 Å². The second-order valence-corrected chi connectivity index (χ2v) is 8.33. The van der Waals surface area contributed by atoms with E-state index < -0.39 is 0 Å². The number of rotatable bonds is 4. The minimum Gasteiger partial charge on any atom is -0.454 e. The Morgan fingerprint density at radius 2 is 1.76 bits per heavy atom. The summed E-state index contributed by atoms with van der Waals surface area (Å²) < 4.78 is 10.7. The molecule has 3 heterocycles. The number of nitrogens with one attached hydrogen (secondary N) is 1. The second kappa shape index (κ2) is 7.24. The zero-order valence-corrected chi connectivity index (χ0v) is 16.3. The largest absolute Gasteiger partial charge is 0.454 e. The maximum Gasteiger partial charge on any atom is 0.231 e. The van der Waals surface area contributed by atoms with E-state index in [0.29, 0.717) is 31.1 Å². The molecule has 8 nitrogen and oxygen atoms in total. The summed E-state index contributed by atoms with van der Waals surface area (Å²) in [6.07, 6.45) is 3.79. The third-order valence-corrected chi connectivity index (χ3v) is 6.24. The van der Waals surface area contributed by atoms with Crippen LogP contribution in [0.15, 0.2) is 18.2 Å². The van der Waals surface area contributed by atoms with Crippen molar-refractivity contribution in [3.63, 3.8) is 0 Å². The van der Waals surface area contributed by atoms with Crippen LogP contribution in [-0.4, -0.2) is 55.1 Å². The zero-order valence-electron chi connectivity index (χ0n) is 16.3. The maximum atomic E-state index is 12.7. The van der Waals surface area contributed by atoms with Gasteiger partial charge in [0.05, 0.1) is 5.92 Å². The number of hydrogen-bond acceptors (Lipinski definition) is 5. The normalized spacial score (nSPS) is 24.1. The van der Waals surface area contributed by atoms with Crippen LogP contribution in [0.5, 0.6) is 11.5 Å². The van der Waals surface area contributed by atoms with Gasteiger partial charge in [0.2, 0.25) is 24.5 Å². The van der Waals surface area contributed by atoms with Crippen LogP contribution in [0.25, 0.3) is 0 Å². The summed E-state index contributed by atoms with van der Waals surface area (Å²) in [6, 6.07) is 5.46. The molecule has 29 heavy (non-hydrogen) atoms. The van der Waals surface area contributed by atoms with Crippen molar-refractivity contribution in [1.82, 2.24) is 10.2 Å². The van der Waals surface area contributed by atoms with Crippen molar-refractivity contribution in [3.05, 3.63) is 18.2 Å². The van der Waals surface area contributed by atoms with E-state index in [0.717, 1.165) is 31.4 Å². The summed E-state index contributed by atoms with van der Waals surface area (Å²) in [6.45, 7) is 1.95. The lowest BCUT2D eigenvalue weighted by Crippen LogP contribution is -2.48. The number of nitrogens with zero attached hydrogens (tertiary/aromatic N) is 2. The summed E-state index contributed by atoms with van der Waals surface area (Å²) in [4.78, 5) is 41.0. The summed E-state index contributed by atoms with van der Waals surface area (Å²) in [5, 5.41) is 3.10.